The normalized spacial score (nSPS) is 15.3. The third-order valence-corrected chi connectivity index (χ3v) is 6.75. The first-order chi connectivity index (χ1) is 16.7. The second-order valence-corrected chi connectivity index (χ2v) is 10.4. The number of fused-ring (bicyclic) bond motifs is 1. The van der Waals surface area contributed by atoms with Crippen molar-refractivity contribution >= 4 is 35.9 Å². The van der Waals surface area contributed by atoms with Gasteiger partial charge in [0.1, 0.15) is 5.41 Å². The van der Waals surface area contributed by atoms with Gasteiger partial charge in [-0.25, -0.2) is 0 Å². The van der Waals surface area contributed by atoms with E-state index in [0.29, 0.717) is 13.1 Å². The van der Waals surface area contributed by atoms with Crippen LogP contribution in [-0.2, 0) is 22.6 Å². The number of amides is 2. The molecule has 0 aliphatic heterocycles. The summed E-state index contributed by atoms with van der Waals surface area (Å²) in [6.45, 7) is 14.4. The molecule has 0 aromatic heterocycles. The SMILES string of the molecule is C=CS/C(=C\C)CC(C/C(C)=C/N=CC)(C(=O)NCc1ccc2c(c1)C=CC2)C(=O)NCC(C)C. The molecule has 2 N–H and O–H groups in total. The highest BCUT2D eigenvalue weighted by Gasteiger charge is 2.46. The van der Waals surface area contributed by atoms with Crippen molar-refractivity contribution in [1.29, 1.82) is 0 Å². The van der Waals surface area contributed by atoms with Crippen LogP contribution in [0.3, 0.4) is 0 Å². The van der Waals surface area contributed by atoms with E-state index in [2.05, 4.69) is 46.5 Å². The first-order valence-electron chi connectivity index (χ1n) is 12.2. The van der Waals surface area contributed by atoms with Crippen molar-refractivity contribution in [3.05, 3.63) is 75.7 Å². The fourth-order valence-electron chi connectivity index (χ4n) is 4.05. The molecule has 0 radical (unpaired) electrons. The van der Waals surface area contributed by atoms with E-state index >= 15 is 0 Å². The van der Waals surface area contributed by atoms with Crippen molar-refractivity contribution in [2.75, 3.05) is 6.54 Å². The molecule has 2 amide bonds. The number of hydrogen-bond donors (Lipinski definition) is 2. The molecular weight excluding hydrogens is 454 g/mol. The number of aliphatic imine (C=N–C) groups is 1. The third-order valence-electron chi connectivity index (χ3n) is 5.90. The highest BCUT2D eigenvalue weighted by Crippen LogP contribution is 2.38. The Morgan fingerprint density at radius 2 is 1.94 bits per heavy atom. The highest BCUT2D eigenvalue weighted by atomic mass is 32.2. The molecule has 6 heteroatoms. The topological polar surface area (TPSA) is 70.6 Å². The van der Waals surface area contributed by atoms with Gasteiger partial charge >= 0.3 is 0 Å². The molecule has 0 saturated carbocycles. The predicted molar refractivity (Wildman–Crippen MR) is 150 cm³/mol. The van der Waals surface area contributed by atoms with E-state index in [9.17, 15) is 9.59 Å². The summed E-state index contributed by atoms with van der Waals surface area (Å²) in [7, 11) is 0. The number of nitrogens with zero attached hydrogens (tertiary/aromatic N) is 1. The largest absolute Gasteiger partial charge is 0.355 e. The van der Waals surface area contributed by atoms with Crippen molar-refractivity contribution in [3.63, 3.8) is 0 Å². The zero-order chi connectivity index (χ0) is 25.8. The first kappa shape index (κ1) is 28.4. The third kappa shape index (κ3) is 8.10. The van der Waals surface area contributed by atoms with E-state index in [-0.39, 0.29) is 30.6 Å². The minimum absolute atomic E-state index is 0.266. The zero-order valence-corrected chi connectivity index (χ0v) is 22.5. The van der Waals surface area contributed by atoms with E-state index in [0.717, 1.165) is 22.5 Å². The molecule has 5 nitrogen and oxygen atoms in total. The summed E-state index contributed by atoms with van der Waals surface area (Å²) in [6.07, 6.45) is 11.1. The van der Waals surface area contributed by atoms with Crippen LogP contribution < -0.4 is 10.6 Å². The lowest BCUT2D eigenvalue weighted by Gasteiger charge is -2.32. The first-order valence-corrected chi connectivity index (χ1v) is 13.0. The molecule has 1 atom stereocenters. The van der Waals surface area contributed by atoms with Gasteiger partial charge in [-0.05, 0) is 72.6 Å². The smallest absolute Gasteiger partial charge is 0.236 e. The minimum atomic E-state index is -1.31. The van der Waals surface area contributed by atoms with Gasteiger partial charge < -0.3 is 10.6 Å². The summed E-state index contributed by atoms with van der Waals surface area (Å²) in [5.74, 6) is -0.283. The molecule has 0 fully saturated rings. The Hall–Kier alpha value is -2.86. The number of carbonyl (C=O) groups excluding carboxylic acids is 2. The Balaban J connectivity index is 2.42. The molecule has 1 aromatic carbocycles. The van der Waals surface area contributed by atoms with Gasteiger partial charge in [-0.15, -0.1) is 11.8 Å². The van der Waals surface area contributed by atoms with Crippen LogP contribution in [0.1, 0.15) is 64.2 Å². The van der Waals surface area contributed by atoms with Gasteiger partial charge in [0.05, 0.1) is 0 Å². The van der Waals surface area contributed by atoms with Crippen LogP contribution in [0, 0.1) is 11.3 Å². The monoisotopic (exact) mass is 493 g/mol. The summed E-state index contributed by atoms with van der Waals surface area (Å²) in [4.78, 5) is 32.8. The van der Waals surface area contributed by atoms with Crippen molar-refractivity contribution in [2.45, 2.75) is 60.4 Å². The minimum Gasteiger partial charge on any atom is -0.355 e. The fourth-order valence-corrected chi connectivity index (χ4v) is 4.73. The van der Waals surface area contributed by atoms with E-state index in [1.807, 2.05) is 46.8 Å². The number of nitrogens with one attached hydrogen (secondary N) is 2. The van der Waals surface area contributed by atoms with Crippen molar-refractivity contribution < 1.29 is 9.59 Å². The zero-order valence-electron chi connectivity index (χ0n) is 21.7. The Morgan fingerprint density at radius 3 is 2.60 bits per heavy atom. The summed E-state index contributed by atoms with van der Waals surface area (Å²) in [6, 6.07) is 6.25. The number of allylic oxidation sites excluding steroid dienone is 4. The maximum Gasteiger partial charge on any atom is 0.236 e. The Bertz CT molecular complexity index is 1040. The average Bonchev–Trinajstić information content (AvgIpc) is 3.31. The number of benzene rings is 1. The second-order valence-electron chi connectivity index (χ2n) is 9.28. The van der Waals surface area contributed by atoms with E-state index in [1.54, 1.807) is 17.8 Å². The Morgan fingerprint density at radius 1 is 1.20 bits per heavy atom. The summed E-state index contributed by atoms with van der Waals surface area (Å²) in [5.41, 5.74) is 3.04. The molecule has 0 saturated heterocycles. The quantitative estimate of drug-likeness (QED) is 0.254. The van der Waals surface area contributed by atoms with Gasteiger partial charge in [-0.3, -0.25) is 14.6 Å². The van der Waals surface area contributed by atoms with Gasteiger partial charge in [-0.2, -0.15) is 0 Å². The second kappa shape index (κ2) is 13.9. The lowest BCUT2D eigenvalue weighted by atomic mass is 9.76. The highest BCUT2D eigenvalue weighted by molar-refractivity contribution is 8.05. The van der Waals surface area contributed by atoms with Gasteiger partial charge in [0.25, 0.3) is 0 Å². The molecule has 0 heterocycles. The van der Waals surface area contributed by atoms with Crippen LogP contribution in [0.5, 0.6) is 0 Å². The van der Waals surface area contributed by atoms with Crippen LogP contribution in [0.15, 0.2) is 64.0 Å². The lowest BCUT2D eigenvalue weighted by Crippen LogP contribution is -2.52. The van der Waals surface area contributed by atoms with Crippen LogP contribution in [0.2, 0.25) is 0 Å². The maximum absolute atomic E-state index is 13.9. The molecule has 1 aliphatic rings. The standard InChI is InChI=1S/C29H39N3O2S/c1-7-26(35-9-3)17-29(16-22(6)19-30-8-2,27(33)31-18-21(4)5)28(34)32-20-23-13-14-24-11-10-12-25(24)15-23/h7-10,12-15,19,21H,3,11,16-18,20H2,1-2,4-6H3,(H,31,33)(H,32,34)/b22-19+,26-7-,30-8?. The molecule has 188 valence electrons. The van der Waals surface area contributed by atoms with Crippen molar-refractivity contribution in [2.24, 2.45) is 16.3 Å². The molecule has 1 unspecified atom stereocenters. The summed E-state index contributed by atoms with van der Waals surface area (Å²) >= 11 is 1.44. The van der Waals surface area contributed by atoms with Gasteiger partial charge in [-0.1, -0.05) is 56.4 Å². The van der Waals surface area contributed by atoms with E-state index in [1.165, 1.54) is 22.9 Å². The van der Waals surface area contributed by atoms with Crippen LogP contribution in [-0.4, -0.2) is 24.6 Å². The number of carbonyl (C=O) groups is 2. The summed E-state index contributed by atoms with van der Waals surface area (Å²) in [5, 5.41) is 7.84. The number of rotatable bonds is 13. The Labute approximate surface area is 215 Å². The molecule has 2 rings (SSSR count). The van der Waals surface area contributed by atoms with Crippen molar-refractivity contribution in [3.8, 4) is 0 Å². The van der Waals surface area contributed by atoms with Crippen molar-refractivity contribution in [1.82, 2.24) is 10.6 Å². The van der Waals surface area contributed by atoms with E-state index < -0.39 is 5.41 Å². The molecule has 35 heavy (non-hydrogen) atoms. The fraction of sp³-hybridized carbons (Fsp3) is 0.414. The predicted octanol–water partition coefficient (Wildman–Crippen LogP) is 6.19. The molecule has 0 bridgehead atoms. The number of hydrogen-bond acceptors (Lipinski definition) is 4. The van der Waals surface area contributed by atoms with Gasteiger partial charge in [0.2, 0.25) is 11.8 Å². The molecule has 1 aromatic rings. The maximum atomic E-state index is 13.9. The van der Waals surface area contributed by atoms with Crippen LogP contribution >= 0.6 is 11.8 Å². The van der Waals surface area contributed by atoms with Gasteiger partial charge in [0.15, 0.2) is 0 Å². The summed E-state index contributed by atoms with van der Waals surface area (Å²) < 4.78 is 0. The average molecular weight is 494 g/mol. The van der Waals surface area contributed by atoms with E-state index in [4.69, 9.17) is 0 Å². The lowest BCUT2D eigenvalue weighted by molar-refractivity contribution is -0.143. The van der Waals surface area contributed by atoms with Crippen LogP contribution in [0.4, 0.5) is 0 Å². The molecule has 0 spiro atoms. The number of thioether (sulfide) groups is 1. The molecular formula is C29H39N3O2S. The Kier molecular flexibility index (Phi) is 11.3. The van der Waals surface area contributed by atoms with Crippen LogP contribution in [0.25, 0.3) is 6.08 Å². The van der Waals surface area contributed by atoms with Gasteiger partial charge in [0, 0.05) is 31.9 Å². The molecule has 1 aliphatic carbocycles.